The van der Waals surface area contributed by atoms with Crippen LogP contribution in [-0.2, 0) is 0 Å². The second-order valence-electron chi connectivity index (χ2n) is 7.61. The van der Waals surface area contributed by atoms with Crippen LogP contribution in [0.15, 0.2) is 60.1 Å². The van der Waals surface area contributed by atoms with Gasteiger partial charge in [-0.2, -0.15) is 0 Å². The lowest BCUT2D eigenvalue weighted by Gasteiger charge is -2.36. The summed E-state index contributed by atoms with van der Waals surface area (Å²) in [5.41, 5.74) is 3.60. The molecule has 0 spiro atoms. The zero-order valence-corrected chi connectivity index (χ0v) is 18.8. The summed E-state index contributed by atoms with van der Waals surface area (Å²) in [5, 5.41) is 1.90. The number of piperazine rings is 1. The maximum absolute atomic E-state index is 13.3. The molecule has 1 saturated heterocycles. The fraction of sp³-hybridized carbons (Fsp3) is 0.250. The van der Waals surface area contributed by atoms with Crippen molar-refractivity contribution < 1.29 is 14.3 Å². The van der Waals surface area contributed by atoms with Gasteiger partial charge in [-0.15, -0.1) is 11.3 Å². The van der Waals surface area contributed by atoms with Crippen LogP contribution in [0.2, 0.25) is 0 Å². The van der Waals surface area contributed by atoms with Crippen molar-refractivity contribution >= 4 is 27.9 Å². The molecule has 8 heteroatoms. The number of thiazole rings is 1. The second-order valence-corrected chi connectivity index (χ2v) is 8.45. The Morgan fingerprint density at radius 2 is 1.72 bits per heavy atom. The van der Waals surface area contributed by atoms with Gasteiger partial charge >= 0.3 is 0 Å². The summed E-state index contributed by atoms with van der Waals surface area (Å²) in [5.74, 6) is 1.67. The Morgan fingerprint density at radius 1 is 0.969 bits per heavy atom. The van der Waals surface area contributed by atoms with Gasteiger partial charge in [-0.3, -0.25) is 9.20 Å². The summed E-state index contributed by atoms with van der Waals surface area (Å²) in [6, 6.07) is 15.8. The van der Waals surface area contributed by atoms with Gasteiger partial charge in [0.1, 0.15) is 17.2 Å². The van der Waals surface area contributed by atoms with Crippen LogP contribution in [0.4, 0.5) is 5.69 Å². The SMILES string of the molecule is COc1ccc(N2CCN(C(=O)c3csc4nc(-c5cccc(OC)c5)cn34)CC2)cc1. The standard InChI is InChI=1S/C24H24N4O3S/c1-30-19-8-6-18(7-9-19)26-10-12-27(13-11-26)23(29)22-16-32-24-25-21(15-28(22)24)17-4-3-5-20(14-17)31-2/h3-9,14-16H,10-13H2,1-2H3. The predicted molar refractivity (Wildman–Crippen MR) is 126 cm³/mol. The molecule has 2 aromatic heterocycles. The van der Waals surface area contributed by atoms with Crippen LogP contribution >= 0.6 is 11.3 Å². The number of methoxy groups -OCH3 is 2. The van der Waals surface area contributed by atoms with Crippen molar-refractivity contribution in [2.24, 2.45) is 0 Å². The lowest BCUT2D eigenvalue weighted by atomic mass is 10.1. The molecule has 1 aliphatic rings. The average molecular weight is 449 g/mol. The van der Waals surface area contributed by atoms with Gasteiger partial charge in [-0.05, 0) is 36.4 Å². The Kier molecular flexibility index (Phi) is 5.45. The Morgan fingerprint density at radius 3 is 2.44 bits per heavy atom. The Hall–Kier alpha value is -3.52. The van der Waals surface area contributed by atoms with Crippen LogP contribution in [0.5, 0.6) is 11.5 Å². The number of nitrogens with zero attached hydrogens (tertiary/aromatic N) is 4. The number of imidazole rings is 1. The minimum atomic E-state index is 0.0419. The van der Waals surface area contributed by atoms with E-state index in [1.54, 1.807) is 14.2 Å². The van der Waals surface area contributed by atoms with E-state index in [-0.39, 0.29) is 5.91 Å². The van der Waals surface area contributed by atoms with Crippen molar-refractivity contribution in [3.05, 3.63) is 65.8 Å². The van der Waals surface area contributed by atoms with Crippen LogP contribution in [0.1, 0.15) is 10.5 Å². The number of hydrogen-bond acceptors (Lipinski definition) is 6. The molecule has 2 aromatic carbocycles. The number of ether oxygens (including phenoxy) is 2. The largest absolute Gasteiger partial charge is 0.497 e. The number of rotatable bonds is 5. The first-order chi connectivity index (χ1) is 15.7. The van der Waals surface area contributed by atoms with E-state index >= 15 is 0 Å². The normalized spacial score (nSPS) is 14.1. The van der Waals surface area contributed by atoms with Gasteiger partial charge in [-0.1, -0.05) is 12.1 Å². The summed E-state index contributed by atoms with van der Waals surface area (Å²) < 4.78 is 12.5. The van der Waals surface area contributed by atoms with E-state index in [4.69, 9.17) is 14.5 Å². The number of benzene rings is 2. The third-order valence-electron chi connectivity index (χ3n) is 5.80. The Bertz CT molecular complexity index is 1240. The predicted octanol–water partition coefficient (Wildman–Crippen LogP) is 4.04. The molecular weight excluding hydrogens is 424 g/mol. The van der Waals surface area contributed by atoms with Crippen LogP contribution in [0.3, 0.4) is 0 Å². The number of anilines is 1. The van der Waals surface area contributed by atoms with E-state index in [0.717, 1.165) is 46.5 Å². The van der Waals surface area contributed by atoms with Gasteiger partial charge in [0.15, 0.2) is 4.96 Å². The topological polar surface area (TPSA) is 59.3 Å². The first-order valence-corrected chi connectivity index (χ1v) is 11.3. The molecular formula is C24H24N4O3S. The van der Waals surface area contributed by atoms with E-state index in [1.165, 1.54) is 11.3 Å². The third kappa shape index (κ3) is 3.78. The average Bonchev–Trinajstić information content (AvgIpc) is 3.45. The first kappa shape index (κ1) is 20.4. The summed E-state index contributed by atoms with van der Waals surface area (Å²) in [6.07, 6.45) is 1.93. The maximum atomic E-state index is 13.3. The quantitative estimate of drug-likeness (QED) is 0.461. The molecule has 1 aliphatic heterocycles. The number of amides is 1. The molecule has 0 radical (unpaired) electrons. The van der Waals surface area contributed by atoms with E-state index in [9.17, 15) is 4.79 Å². The Balaban J connectivity index is 1.31. The highest BCUT2D eigenvalue weighted by Crippen LogP contribution is 2.27. The van der Waals surface area contributed by atoms with E-state index in [0.29, 0.717) is 18.8 Å². The van der Waals surface area contributed by atoms with Crippen LogP contribution in [0, 0.1) is 0 Å². The monoisotopic (exact) mass is 448 g/mol. The lowest BCUT2D eigenvalue weighted by Crippen LogP contribution is -2.49. The highest BCUT2D eigenvalue weighted by molar-refractivity contribution is 7.15. The van der Waals surface area contributed by atoms with E-state index in [2.05, 4.69) is 17.0 Å². The van der Waals surface area contributed by atoms with Crippen LogP contribution in [0.25, 0.3) is 16.2 Å². The molecule has 1 amide bonds. The molecule has 3 heterocycles. The molecule has 0 aliphatic carbocycles. The Labute approximate surface area is 190 Å². The van der Waals surface area contributed by atoms with Crippen molar-refractivity contribution in [2.75, 3.05) is 45.3 Å². The fourth-order valence-corrected chi connectivity index (χ4v) is 4.83. The van der Waals surface area contributed by atoms with Crippen molar-refractivity contribution in [2.45, 2.75) is 0 Å². The minimum Gasteiger partial charge on any atom is -0.497 e. The van der Waals surface area contributed by atoms with Gasteiger partial charge in [-0.25, -0.2) is 4.98 Å². The zero-order chi connectivity index (χ0) is 22.1. The van der Waals surface area contributed by atoms with Gasteiger partial charge < -0.3 is 19.3 Å². The molecule has 0 saturated carbocycles. The lowest BCUT2D eigenvalue weighted by molar-refractivity contribution is 0.0740. The molecule has 0 N–H and O–H groups in total. The van der Waals surface area contributed by atoms with Gasteiger partial charge in [0, 0.05) is 49.0 Å². The molecule has 4 aromatic rings. The van der Waals surface area contributed by atoms with Crippen LogP contribution in [-0.4, -0.2) is 60.6 Å². The molecule has 0 atom stereocenters. The highest BCUT2D eigenvalue weighted by atomic mass is 32.1. The van der Waals surface area contributed by atoms with Gasteiger partial charge in [0.05, 0.1) is 19.9 Å². The van der Waals surface area contributed by atoms with Gasteiger partial charge in [0.25, 0.3) is 5.91 Å². The molecule has 1 fully saturated rings. The molecule has 164 valence electrons. The van der Waals surface area contributed by atoms with E-state index < -0.39 is 0 Å². The van der Waals surface area contributed by atoms with E-state index in [1.807, 2.05) is 57.3 Å². The number of hydrogen-bond donors (Lipinski definition) is 0. The second kappa shape index (κ2) is 8.55. The summed E-state index contributed by atoms with van der Waals surface area (Å²) >= 11 is 1.48. The molecule has 7 nitrogen and oxygen atoms in total. The smallest absolute Gasteiger partial charge is 0.271 e. The minimum absolute atomic E-state index is 0.0419. The zero-order valence-electron chi connectivity index (χ0n) is 18.0. The van der Waals surface area contributed by atoms with Gasteiger partial charge in [0.2, 0.25) is 0 Å². The van der Waals surface area contributed by atoms with Crippen molar-refractivity contribution in [1.82, 2.24) is 14.3 Å². The highest BCUT2D eigenvalue weighted by Gasteiger charge is 2.25. The number of carbonyl (C=O) groups is 1. The van der Waals surface area contributed by atoms with Crippen molar-refractivity contribution in [3.63, 3.8) is 0 Å². The van der Waals surface area contributed by atoms with Crippen molar-refractivity contribution in [1.29, 1.82) is 0 Å². The number of fused-ring (bicyclic) bond motifs is 1. The van der Waals surface area contributed by atoms with Crippen LogP contribution < -0.4 is 14.4 Å². The number of carbonyl (C=O) groups excluding carboxylic acids is 1. The number of aromatic nitrogens is 2. The molecule has 32 heavy (non-hydrogen) atoms. The fourth-order valence-electron chi connectivity index (χ4n) is 3.98. The summed E-state index contributed by atoms with van der Waals surface area (Å²) in [4.78, 5) is 23.0. The molecule has 0 unspecified atom stereocenters. The first-order valence-electron chi connectivity index (χ1n) is 10.5. The summed E-state index contributed by atoms with van der Waals surface area (Å²) in [7, 11) is 3.32. The molecule has 0 bridgehead atoms. The maximum Gasteiger partial charge on any atom is 0.271 e. The molecule has 5 rings (SSSR count). The third-order valence-corrected chi connectivity index (χ3v) is 6.64. The van der Waals surface area contributed by atoms with Crippen molar-refractivity contribution in [3.8, 4) is 22.8 Å². The summed E-state index contributed by atoms with van der Waals surface area (Å²) in [6.45, 7) is 2.95.